The molecule has 0 aromatic carbocycles. The van der Waals surface area contributed by atoms with Gasteiger partial charge < -0.3 is 4.90 Å². The van der Waals surface area contributed by atoms with Gasteiger partial charge in [-0.1, -0.05) is 18.7 Å². The van der Waals surface area contributed by atoms with Crippen LogP contribution in [0.3, 0.4) is 0 Å². The van der Waals surface area contributed by atoms with Crippen LogP contribution in [-0.2, 0) is 4.79 Å². The molecule has 0 N–H and O–H groups in total. The molecule has 1 unspecified atom stereocenters. The van der Waals surface area contributed by atoms with Crippen LogP contribution in [0.25, 0.3) is 0 Å². The Morgan fingerprint density at radius 1 is 1.56 bits per heavy atom. The van der Waals surface area contributed by atoms with Crippen LogP contribution in [0.1, 0.15) is 32.4 Å². The fourth-order valence-corrected chi connectivity index (χ4v) is 4.14. The van der Waals surface area contributed by atoms with Crippen LogP contribution in [0.4, 0.5) is 0 Å². The van der Waals surface area contributed by atoms with Gasteiger partial charge in [-0.15, -0.1) is 11.3 Å². The van der Waals surface area contributed by atoms with Crippen molar-refractivity contribution in [3.05, 3.63) is 11.1 Å². The molecule has 5 heteroatoms. The Hall–Kier alpha value is -0.550. The molecule has 1 amide bonds. The van der Waals surface area contributed by atoms with Crippen LogP contribution >= 0.6 is 23.1 Å². The minimum atomic E-state index is -0.0241. The number of nitrogens with zero attached hydrogens (tertiary/aromatic N) is 2. The summed E-state index contributed by atoms with van der Waals surface area (Å²) < 4.78 is 0.999. The van der Waals surface area contributed by atoms with Gasteiger partial charge in [0.2, 0.25) is 5.91 Å². The summed E-state index contributed by atoms with van der Waals surface area (Å²) >= 11 is 3.21. The maximum atomic E-state index is 12.3. The average Bonchev–Trinajstić information content (AvgIpc) is 2.75. The Balaban J connectivity index is 1.88. The fraction of sp³-hybridized carbons (Fsp3) is 0.692. The van der Waals surface area contributed by atoms with Gasteiger partial charge in [0.25, 0.3) is 0 Å². The third-order valence-corrected chi connectivity index (χ3v) is 5.50. The highest BCUT2D eigenvalue weighted by molar-refractivity contribution is 8.02. The molecule has 100 valence electrons. The van der Waals surface area contributed by atoms with Crippen LogP contribution in [0.2, 0.25) is 0 Å². The highest BCUT2D eigenvalue weighted by atomic mass is 32.2. The van der Waals surface area contributed by atoms with E-state index in [4.69, 9.17) is 0 Å². The number of hydrogen-bond acceptors (Lipinski definition) is 4. The molecule has 1 aliphatic rings. The van der Waals surface area contributed by atoms with Crippen LogP contribution in [-0.4, -0.2) is 34.1 Å². The van der Waals surface area contributed by atoms with Gasteiger partial charge in [0.05, 0.1) is 5.25 Å². The van der Waals surface area contributed by atoms with Crippen molar-refractivity contribution in [3.63, 3.8) is 0 Å². The van der Waals surface area contributed by atoms with E-state index in [2.05, 4.69) is 11.9 Å². The lowest BCUT2D eigenvalue weighted by atomic mass is 9.99. The average molecular weight is 284 g/mol. The Kier molecular flexibility index (Phi) is 4.67. The second-order valence-corrected chi connectivity index (χ2v) is 7.47. The van der Waals surface area contributed by atoms with E-state index >= 15 is 0 Å². The molecule has 0 bridgehead atoms. The lowest BCUT2D eigenvalue weighted by molar-refractivity contribution is -0.131. The van der Waals surface area contributed by atoms with Crippen molar-refractivity contribution in [2.75, 3.05) is 13.1 Å². The lowest BCUT2D eigenvalue weighted by Gasteiger charge is -2.31. The van der Waals surface area contributed by atoms with E-state index in [1.165, 1.54) is 0 Å². The first-order chi connectivity index (χ1) is 8.56. The summed E-state index contributed by atoms with van der Waals surface area (Å²) in [5.41, 5.74) is 1.04. The number of aromatic nitrogens is 1. The summed E-state index contributed by atoms with van der Waals surface area (Å²) in [6.45, 7) is 8.07. The highest BCUT2D eigenvalue weighted by Crippen LogP contribution is 2.28. The lowest BCUT2D eigenvalue weighted by Crippen LogP contribution is -2.41. The van der Waals surface area contributed by atoms with Crippen LogP contribution in [0.15, 0.2) is 9.72 Å². The molecule has 1 aromatic rings. The smallest absolute Gasteiger partial charge is 0.235 e. The monoisotopic (exact) mass is 284 g/mol. The van der Waals surface area contributed by atoms with Crippen molar-refractivity contribution in [3.8, 4) is 0 Å². The van der Waals surface area contributed by atoms with Crippen molar-refractivity contribution in [1.29, 1.82) is 0 Å². The third-order valence-electron chi connectivity index (χ3n) is 3.32. The van der Waals surface area contributed by atoms with E-state index in [1.54, 1.807) is 23.1 Å². The van der Waals surface area contributed by atoms with Crippen LogP contribution in [0, 0.1) is 12.8 Å². The van der Waals surface area contributed by atoms with E-state index in [1.807, 2.05) is 24.1 Å². The molecule has 0 radical (unpaired) electrons. The molecule has 0 saturated carbocycles. The molecule has 3 nitrogen and oxygen atoms in total. The molecule has 1 fully saturated rings. The van der Waals surface area contributed by atoms with Crippen molar-refractivity contribution >= 4 is 29.0 Å². The van der Waals surface area contributed by atoms with Crippen molar-refractivity contribution < 1.29 is 4.79 Å². The van der Waals surface area contributed by atoms with Gasteiger partial charge in [0.15, 0.2) is 4.34 Å². The van der Waals surface area contributed by atoms with Gasteiger partial charge in [-0.2, -0.15) is 0 Å². The number of rotatable bonds is 3. The zero-order valence-corrected chi connectivity index (χ0v) is 12.8. The molecule has 1 aliphatic heterocycles. The van der Waals surface area contributed by atoms with Gasteiger partial charge in [-0.25, -0.2) is 4.98 Å². The second-order valence-electron chi connectivity index (χ2n) is 5.02. The van der Waals surface area contributed by atoms with E-state index < -0.39 is 0 Å². The second kappa shape index (κ2) is 6.06. The molecular formula is C13H20N2OS2. The molecule has 0 aliphatic carbocycles. The maximum Gasteiger partial charge on any atom is 0.235 e. The van der Waals surface area contributed by atoms with Crippen molar-refractivity contribution in [1.82, 2.24) is 9.88 Å². The summed E-state index contributed by atoms with van der Waals surface area (Å²) in [4.78, 5) is 18.7. The zero-order chi connectivity index (χ0) is 13.1. The van der Waals surface area contributed by atoms with Gasteiger partial charge in [-0.3, -0.25) is 4.79 Å². The van der Waals surface area contributed by atoms with Gasteiger partial charge in [0.1, 0.15) is 0 Å². The first kappa shape index (κ1) is 13.9. The summed E-state index contributed by atoms with van der Waals surface area (Å²) in [6.07, 6.45) is 2.28. The Morgan fingerprint density at radius 3 is 2.78 bits per heavy atom. The molecule has 2 heterocycles. The zero-order valence-electron chi connectivity index (χ0n) is 11.2. The standard InChI is InChI=1S/C13H20N2OS2/c1-9-4-6-15(7-5-9)12(16)11(3)18-13-14-10(2)8-17-13/h8-9,11H,4-7H2,1-3H3. The number of thioether (sulfide) groups is 1. The summed E-state index contributed by atoms with van der Waals surface area (Å²) in [6, 6.07) is 0. The van der Waals surface area contributed by atoms with Crippen LogP contribution in [0.5, 0.6) is 0 Å². The Labute approximate surface area is 117 Å². The fourth-order valence-electron chi connectivity index (χ4n) is 2.07. The number of hydrogen-bond donors (Lipinski definition) is 0. The van der Waals surface area contributed by atoms with E-state index in [-0.39, 0.29) is 11.2 Å². The number of likely N-dealkylation sites (tertiary alicyclic amines) is 1. The topological polar surface area (TPSA) is 33.2 Å². The van der Waals surface area contributed by atoms with E-state index in [9.17, 15) is 4.79 Å². The van der Waals surface area contributed by atoms with Crippen molar-refractivity contribution in [2.24, 2.45) is 5.92 Å². The van der Waals surface area contributed by atoms with Crippen LogP contribution < -0.4 is 0 Å². The summed E-state index contributed by atoms with van der Waals surface area (Å²) in [7, 11) is 0. The quantitative estimate of drug-likeness (QED) is 0.799. The third kappa shape index (κ3) is 3.48. The maximum absolute atomic E-state index is 12.3. The number of carbonyl (C=O) groups is 1. The first-order valence-electron chi connectivity index (χ1n) is 6.44. The largest absolute Gasteiger partial charge is 0.342 e. The molecule has 1 atom stereocenters. The molecule has 1 aromatic heterocycles. The van der Waals surface area contributed by atoms with Gasteiger partial charge >= 0.3 is 0 Å². The molecular weight excluding hydrogens is 264 g/mol. The summed E-state index contributed by atoms with van der Waals surface area (Å²) in [5, 5.41) is 2.01. The number of thiazole rings is 1. The van der Waals surface area contributed by atoms with Gasteiger partial charge in [-0.05, 0) is 32.6 Å². The molecule has 0 spiro atoms. The SMILES string of the molecule is Cc1csc(SC(C)C(=O)N2CCC(C)CC2)n1. The molecule has 1 saturated heterocycles. The predicted molar refractivity (Wildman–Crippen MR) is 77.1 cm³/mol. The minimum absolute atomic E-state index is 0.0241. The number of piperidine rings is 1. The predicted octanol–water partition coefficient (Wildman–Crippen LogP) is 3.19. The highest BCUT2D eigenvalue weighted by Gasteiger charge is 2.25. The number of carbonyl (C=O) groups excluding carboxylic acids is 1. The van der Waals surface area contributed by atoms with Crippen molar-refractivity contribution in [2.45, 2.75) is 43.2 Å². The Morgan fingerprint density at radius 2 is 2.22 bits per heavy atom. The normalized spacial score (nSPS) is 18.9. The first-order valence-corrected chi connectivity index (χ1v) is 8.19. The van der Waals surface area contributed by atoms with E-state index in [0.29, 0.717) is 0 Å². The number of amides is 1. The van der Waals surface area contributed by atoms with E-state index in [0.717, 1.165) is 41.9 Å². The summed E-state index contributed by atoms with van der Waals surface area (Å²) in [5.74, 6) is 1.03. The Bertz CT molecular complexity index is 411. The molecule has 18 heavy (non-hydrogen) atoms. The molecule has 2 rings (SSSR count). The van der Waals surface area contributed by atoms with Gasteiger partial charge in [0, 0.05) is 24.2 Å². The minimum Gasteiger partial charge on any atom is -0.342 e. The number of aryl methyl sites for hydroxylation is 1.